The Balaban J connectivity index is 1.46. The number of esters is 2. The summed E-state index contributed by atoms with van der Waals surface area (Å²) in [6, 6.07) is 39.7. The standard InChI is InChI=1S/C42H50O6/c1-46-40(44)31-21-7-5-3-2-4-6-20-30-39(43)38(41(45)47-32-34-22-12-8-13-23-34)33-48-42(35-24-14-9-15-25-35,36-26-16-10-17-27-36)37-28-18-11-19-29-37/h8-19,22-29,38-39,43H,2-7,20-21,30-33H2,1H3/t38-,39-/m0/s1. The Morgan fingerprint density at radius 3 is 1.54 bits per heavy atom. The van der Waals surface area contributed by atoms with Gasteiger partial charge in [0.25, 0.3) is 0 Å². The zero-order valence-electron chi connectivity index (χ0n) is 28.2. The van der Waals surface area contributed by atoms with Gasteiger partial charge >= 0.3 is 11.9 Å². The molecule has 6 nitrogen and oxygen atoms in total. The molecule has 254 valence electrons. The lowest BCUT2D eigenvalue weighted by Crippen LogP contribution is -2.40. The molecule has 1 N–H and O–H groups in total. The number of hydrogen-bond donors (Lipinski definition) is 1. The number of ether oxygens (including phenoxy) is 3. The molecule has 0 spiro atoms. The second-order valence-electron chi connectivity index (χ2n) is 12.3. The number of unbranched alkanes of at least 4 members (excludes halogenated alkanes) is 7. The van der Waals surface area contributed by atoms with Crippen LogP contribution in [0.3, 0.4) is 0 Å². The average molecular weight is 651 g/mol. The van der Waals surface area contributed by atoms with Crippen LogP contribution in [-0.2, 0) is 36.0 Å². The van der Waals surface area contributed by atoms with E-state index >= 15 is 0 Å². The van der Waals surface area contributed by atoms with E-state index in [1.54, 1.807) is 0 Å². The predicted molar refractivity (Wildman–Crippen MR) is 189 cm³/mol. The molecule has 6 heteroatoms. The first-order valence-electron chi connectivity index (χ1n) is 17.3. The summed E-state index contributed by atoms with van der Waals surface area (Å²) >= 11 is 0. The van der Waals surface area contributed by atoms with Crippen LogP contribution in [0.4, 0.5) is 0 Å². The van der Waals surface area contributed by atoms with Gasteiger partial charge in [-0.3, -0.25) is 9.59 Å². The molecule has 2 atom stereocenters. The minimum atomic E-state index is -1.02. The van der Waals surface area contributed by atoms with Gasteiger partial charge in [-0.15, -0.1) is 0 Å². The molecule has 4 aromatic carbocycles. The van der Waals surface area contributed by atoms with E-state index in [-0.39, 0.29) is 19.2 Å². The third-order valence-electron chi connectivity index (χ3n) is 8.87. The Morgan fingerprint density at radius 1 is 0.625 bits per heavy atom. The molecular weight excluding hydrogens is 600 g/mol. The van der Waals surface area contributed by atoms with E-state index < -0.39 is 23.6 Å². The molecule has 0 radical (unpaired) electrons. The van der Waals surface area contributed by atoms with Crippen LogP contribution in [0.1, 0.15) is 86.5 Å². The summed E-state index contributed by atoms with van der Waals surface area (Å²) in [6.07, 6.45) is 8.06. The summed E-state index contributed by atoms with van der Waals surface area (Å²) < 4.78 is 17.5. The third-order valence-corrected chi connectivity index (χ3v) is 8.87. The monoisotopic (exact) mass is 650 g/mol. The molecule has 4 aromatic rings. The van der Waals surface area contributed by atoms with Crippen molar-refractivity contribution in [1.82, 2.24) is 0 Å². The van der Waals surface area contributed by atoms with Crippen LogP contribution >= 0.6 is 0 Å². The highest BCUT2D eigenvalue weighted by molar-refractivity contribution is 5.73. The van der Waals surface area contributed by atoms with Crippen LogP contribution in [0.25, 0.3) is 0 Å². The first-order chi connectivity index (χ1) is 23.5. The molecule has 0 saturated heterocycles. The van der Waals surface area contributed by atoms with E-state index in [4.69, 9.17) is 14.2 Å². The minimum Gasteiger partial charge on any atom is -0.469 e. The molecule has 0 heterocycles. The third kappa shape index (κ3) is 10.9. The largest absolute Gasteiger partial charge is 0.469 e. The van der Waals surface area contributed by atoms with Crippen molar-refractivity contribution in [2.24, 2.45) is 5.92 Å². The van der Waals surface area contributed by atoms with E-state index in [1.807, 2.05) is 121 Å². The molecule has 0 saturated carbocycles. The normalized spacial score (nSPS) is 12.6. The van der Waals surface area contributed by atoms with Crippen LogP contribution in [0.15, 0.2) is 121 Å². The molecule has 48 heavy (non-hydrogen) atoms. The lowest BCUT2D eigenvalue weighted by atomic mass is 9.80. The average Bonchev–Trinajstić information content (AvgIpc) is 3.14. The smallest absolute Gasteiger partial charge is 0.314 e. The number of rotatable bonds is 21. The number of carbonyl (C=O) groups excluding carboxylic acids is 2. The molecular formula is C42H50O6. The van der Waals surface area contributed by atoms with Gasteiger partial charge in [0.2, 0.25) is 0 Å². The highest BCUT2D eigenvalue weighted by atomic mass is 16.5. The second-order valence-corrected chi connectivity index (χ2v) is 12.3. The molecule has 0 bridgehead atoms. The van der Waals surface area contributed by atoms with E-state index in [0.29, 0.717) is 12.8 Å². The van der Waals surface area contributed by atoms with Gasteiger partial charge in [-0.05, 0) is 35.1 Å². The molecule has 0 aliphatic carbocycles. The highest BCUT2D eigenvalue weighted by Crippen LogP contribution is 2.41. The van der Waals surface area contributed by atoms with Crippen LogP contribution in [0, 0.1) is 5.92 Å². The maximum atomic E-state index is 13.7. The Morgan fingerprint density at radius 2 is 1.06 bits per heavy atom. The van der Waals surface area contributed by atoms with E-state index in [0.717, 1.165) is 73.6 Å². The van der Waals surface area contributed by atoms with Crippen molar-refractivity contribution in [3.05, 3.63) is 144 Å². The fourth-order valence-corrected chi connectivity index (χ4v) is 6.14. The van der Waals surface area contributed by atoms with Crippen molar-refractivity contribution in [1.29, 1.82) is 0 Å². The maximum absolute atomic E-state index is 13.7. The van der Waals surface area contributed by atoms with Gasteiger partial charge in [0.05, 0.1) is 19.8 Å². The van der Waals surface area contributed by atoms with E-state index in [9.17, 15) is 14.7 Å². The Kier molecular flexibility index (Phi) is 15.4. The second kappa shape index (κ2) is 20.2. The number of carbonyl (C=O) groups is 2. The Labute approximate surface area is 286 Å². The molecule has 4 rings (SSSR count). The summed E-state index contributed by atoms with van der Waals surface area (Å²) in [5.41, 5.74) is 2.66. The van der Waals surface area contributed by atoms with Crippen LogP contribution in [-0.4, -0.2) is 36.9 Å². The van der Waals surface area contributed by atoms with Crippen LogP contribution in [0.2, 0.25) is 0 Å². The van der Waals surface area contributed by atoms with Gasteiger partial charge in [0.1, 0.15) is 18.1 Å². The van der Waals surface area contributed by atoms with Gasteiger partial charge in [-0.1, -0.05) is 166 Å². The zero-order valence-corrected chi connectivity index (χ0v) is 28.2. The molecule has 0 aromatic heterocycles. The van der Waals surface area contributed by atoms with E-state index in [1.165, 1.54) is 7.11 Å². The van der Waals surface area contributed by atoms with Crippen LogP contribution < -0.4 is 0 Å². The number of benzene rings is 4. The van der Waals surface area contributed by atoms with E-state index in [2.05, 4.69) is 0 Å². The number of methoxy groups -OCH3 is 1. The van der Waals surface area contributed by atoms with Gasteiger partial charge in [-0.25, -0.2) is 0 Å². The number of aliphatic hydroxyl groups is 1. The summed E-state index contributed by atoms with van der Waals surface area (Å²) in [4.78, 5) is 25.0. The van der Waals surface area contributed by atoms with Crippen molar-refractivity contribution >= 4 is 11.9 Å². The Hall–Kier alpha value is -4.26. The summed E-state index contributed by atoms with van der Waals surface area (Å²) in [7, 11) is 1.43. The van der Waals surface area contributed by atoms with Gasteiger partial charge in [-0.2, -0.15) is 0 Å². The molecule has 0 unspecified atom stereocenters. The molecule has 0 aliphatic rings. The van der Waals surface area contributed by atoms with Crippen molar-refractivity contribution in [2.45, 2.75) is 82.5 Å². The topological polar surface area (TPSA) is 82.1 Å². The van der Waals surface area contributed by atoms with Crippen molar-refractivity contribution in [3.8, 4) is 0 Å². The summed E-state index contributed by atoms with van der Waals surface area (Å²) in [5.74, 6) is -1.49. The summed E-state index contributed by atoms with van der Waals surface area (Å²) in [5, 5.41) is 11.5. The fraction of sp³-hybridized carbons (Fsp3) is 0.381. The molecule has 0 amide bonds. The zero-order chi connectivity index (χ0) is 33.9. The SMILES string of the molecule is COC(=O)CCCCCCCCCC[C@H](O)[C@H](COC(c1ccccc1)(c1ccccc1)c1ccccc1)C(=O)OCc1ccccc1. The fourth-order valence-electron chi connectivity index (χ4n) is 6.14. The first kappa shape index (κ1) is 36.6. The quantitative estimate of drug-likeness (QED) is 0.0552. The predicted octanol–water partition coefficient (Wildman–Crippen LogP) is 8.79. The van der Waals surface area contributed by atoms with Crippen molar-refractivity contribution < 1.29 is 28.9 Å². The Bertz CT molecular complexity index is 1360. The van der Waals surface area contributed by atoms with Crippen LogP contribution in [0.5, 0.6) is 0 Å². The lowest BCUT2D eigenvalue weighted by Gasteiger charge is -2.37. The lowest BCUT2D eigenvalue weighted by molar-refractivity contribution is -0.159. The first-order valence-corrected chi connectivity index (χ1v) is 17.3. The molecule has 0 fully saturated rings. The van der Waals surface area contributed by atoms with Gasteiger partial charge in [0.15, 0.2) is 0 Å². The maximum Gasteiger partial charge on any atom is 0.314 e. The van der Waals surface area contributed by atoms with Gasteiger partial charge in [0, 0.05) is 6.42 Å². The van der Waals surface area contributed by atoms with Crippen molar-refractivity contribution in [3.63, 3.8) is 0 Å². The van der Waals surface area contributed by atoms with Crippen molar-refractivity contribution in [2.75, 3.05) is 13.7 Å². The number of aliphatic hydroxyl groups excluding tert-OH is 1. The summed E-state index contributed by atoms with van der Waals surface area (Å²) in [6.45, 7) is 0.1000. The minimum absolute atomic E-state index is 0.0287. The highest BCUT2D eigenvalue weighted by Gasteiger charge is 2.40. The molecule has 0 aliphatic heterocycles. The van der Waals surface area contributed by atoms with Gasteiger partial charge < -0.3 is 19.3 Å². The number of hydrogen-bond acceptors (Lipinski definition) is 6.